The molecule has 0 atom stereocenters. The van der Waals surface area contributed by atoms with Gasteiger partial charge in [-0.25, -0.2) is 0 Å². The zero-order chi connectivity index (χ0) is 23.4. The minimum atomic E-state index is -1.97. The summed E-state index contributed by atoms with van der Waals surface area (Å²) in [6.07, 6.45) is 0. The lowest BCUT2D eigenvalue weighted by molar-refractivity contribution is -0.633. The highest BCUT2D eigenvalue weighted by atomic mass is 28.3. The van der Waals surface area contributed by atoms with Gasteiger partial charge in [-0.2, -0.15) is 4.57 Å². The van der Waals surface area contributed by atoms with Gasteiger partial charge in [-0.3, -0.25) is 0 Å². The van der Waals surface area contributed by atoms with E-state index in [1.807, 2.05) is 6.07 Å². The molecule has 0 fully saturated rings. The SMILES string of the molecule is Cc1ccc2c(oc3ccccc32)c1-c1cc([Si](C)(C)c2ccccc2)c2ccccc2[n+]1C. The van der Waals surface area contributed by atoms with Gasteiger partial charge in [0.05, 0.1) is 5.56 Å². The lowest BCUT2D eigenvalue weighted by Crippen LogP contribution is -2.54. The molecule has 34 heavy (non-hydrogen) atoms. The second kappa shape index (κ2) is 7.68. The van der Waals surface area contributed by atoms with Crippen molar-refractivity contribution >= 4 is 51.3 Å². The smallest absolute Gasteiger partial charge is 0.216 e. The van der Waals surface area contributed by atoms with Gasteiger partial charge in [0.25, 0.3) is 0 Å². The van der Waals surface area contributed by atoms with Crippen LogP contribution in [0.1, 0.15) is 5.56 Å². The first-order valence-corrected chi connectivity index (χ1v) is 14.9. The Morgan fingerprint density at radius 3 is 2.18 bits per heavy atom. The van der Waals surface area contributed by atoms with Gasteiger partial charge in [0.2, 0.25) is 11.2 Å². The molecular formula is C31H28NOSi+. The quantitative estimate of drug-likeness (QED) is 0.223. The molecule has 0 spiro atoms. The number of aromatic nitrogens is 1. The van der Waals surface area contributed by atoms with Crippen LogP contribution in [0.25, 0.3) is 44.1 Å². The molecule has 0 bridgehead atoms. The Bertz CT molecular complexity index is 1700. The standard InChI is InChI=1S/C31H28NOSi/c1-21-18-19-24-23-14-9-11-17-28(23)33-31(24)30(21)27-20-29(25-15-8-10-16-26(25)32(27)2)34(3,4)22-12-6-5-7-13-22/h5-20H,1-4H3/q+1. The van der Waals surface area contributed by atoms with Crippen LogP contribution in [0.2, 0.25) is 13.1 Å². The Morgan fingerprint density at radius 2 is 1.38 bits per heavy atom. The van der Waals surface area contributed by atoms with Crippen molar-refractivity contribution in [1.82, 2.24) is 0 Å². The van der Waals surface area contributed by atoms with Gasteiger partial charge < -0.3 is 4.42 Å². The minimum absolute atomic E-state index is 0.937. The van der Waals surface area contributed by atoms with Crippen molar-refractivity contribution in [3.8, 4) is 11.3 Å². The molecule has 2 heterocycles. The van der Waals surface area contributed by atoms with E-state index in [0.717, 1.165) is 11.2 Å². The van der Waals surface area contributed by atoms with Crippen LogP contribution in [0.5, 0.6) is 0 Å². The minimum Gasteiger partial charge on any atom is -0.455 e. The van der Waals surface area contributed by atoms with E-state index in [9.17, 15) is 0 Å². The van der Waals surface area contributed by atoms with Gasteiger partial charge in [-0.15, -0.1) is 0 Å². The van der Waals surface area contributed by atoms with Gasteiger partial charge in [-0.05, 0) is 29.8 Å². The van der Waals surface area contributed by atoms with Crippen LogP contribution in [0.4, 0.5) is 0 Å². The first-order chi connectivity index (χ1) is 16.5. The van der Waals surface area contributed by atoms with Crippen molar-refractivity contribution in [2.45, 2.75) is 20.0 Å². The summed E-state index contributed by atoms with van der Waals surface area (Å²) in [5.74, 6) is 0. The maximum atomic E-state index is 6.49. The lowest BCUT2D eigenvalue weighted by Gasteiger charge is -2.25. The summed E-state index contributed by atoms with van der Waals surface area (Å²) in [4.78, 5) is 0. The summed E-state index contributed by atoms with van der Waals surface area (Å²) >= 11 is 0. The fourth-order valence-corrected chi connectivity index (χ4v) is 8.13. The van der Waals surface area contributed by atoms with Crippen molar-refractivity contribution in [2.24, 2.45) is 7.05 Å². The van der Waals surface area contributed by atoms with E-state index in [0.29, 0.717) is 0 Å². The van der Waals surface area contributed by atoms with E-state index in [4.69, 9.17) is 4.42 Å². The van der Waals surface area contributed by atoms with Crippen LogP contribution in [-0.2, 0) is 7.05 Å². The molecule has 4 aromatic carbocycles. The van der Waals surface area contributed by atoms with Crippen LogP contribution in [-0.4, -0.2) is 8.07 Å². The number of pyridine rings is 1. The third kappa shape index (κ3) is 3.04. The molecule has 0 radical (unpaired) electrons. The van der Waals surface area contributed by atoms with E-state index in [-0.39, 0.29) is 0 Å². The average molecular weight is 459 g/mol. The van der Waals surface area contributed by atoms with Crippen LogP contribution in [0.3, 0.4) is 0 Å². The normalized spacial score (nSPS) is 12.1. The number of hydrogen-bond donors (Lipinski definition) is 0. The molecule has 0 aliphatic heterocycles. The molecule has 2 nitrogen and oxygen atoms in total. The molecule has 0 amide bonds. The van der Waals surface area contributed by atoms with Crippen molar-refractivity contribution in [3.05, 3.63) is 103 Å². The maximum absolute atomic E-state index is 6.49. The molecule has 0 N–H and O–H groups in total. The largest absolute Gasteiger partial charge is 0.455 e. The summed E-state index contributed by atoms with van der Waals surface area (Å²) in [7, 11) is 0.212. The van der Waals surface area contributed by atoms with Gasteiger partial charge >= 0.3 is 0 Å². The Labute approximate surface area is 201 Å². The fourth-order valence-electron chi connectivity index (χ4n) is 5.41. The molecule has 0 unspecified atom stereocenters. The Hall–Kier alpha value is -3.69. The average Bonchev–Trinajstić information content (AvgIpc) is 3.24. The molecule has 6 rings (SSSR count). The fraction of sp³-hybridized carbons (Fsp3) is 0.129. The van der Waals surface area contributed by atoms with E-state index in [2.05, 4.69) is 123 Å². The highest BCUT2D eigenvalue weighted by Crippen LogP contribution is 2.37. The first kappa shape index (κ1) is 20.9. The number of aryl methyl sites for hydroxylation is 2. The topological polar surface area (TPSA) is 17.0 Å². The second-order valence-corrected chi connectivity index (χ2v) is 14.1. The number of rotatable bonds is 3. The van der Waals surface area contributed by atoms with Gasteiger partial charge in [-0.1, -0.05) is 91.1 Å². The highest BCUT2D eigenvalue weighted by molar-refractivity contribution is 7.01. The van der Waals surface area contributed by atoms with E-state index in [1.165, 1.54) is 48.9 Å². The number of benzene rings is 4. The number of fused-ring (bicyclic) bond motifs is 4. The molecular weight excluding hydrogens is 430 g/mol. The molecule has 6 aromatic rings. The number of hydrogen-bond acceptors (Lipinski definition) is 1. The third-order valence-electron chi connectivity index (χ3n) is 7.38. The Morgan fingerprint density at radius 1 is 0.706 bits per heavy atom. The molecule has 2 aromatic heterocycles. The highest BCUT2D eigenvalue weighted by Gasteiger charge is 2.32. The summed E-state index contributed by atoms with van der Waals surface area (Å²) in [6.45, 7) is 7.11. The summed E-state index contributed by atoms with van der Waals surface area (Å²) < 4.78 is 8.83. The first-order valence-electron chi connectivity index (χ1n) is 11.9. The predicted molar refractivity (Wildman–Crippen MR) is 146 cm³/mol. The number of para-hydroxylation sites is 2. The van der Waals surface area contributed by atoms with Crippen molar-refractivity contribution in [1.29, 1.82) is 0 Å². The van der Waals surface area contributed by atoms with E-state index in [1.54, 1.807) is 0 Å². The summed E-state index contributed by atoms with van der Waals surface area (Å²) in [5.41, 5.74) is 6.76. The molecule has 0 aliphatic rings. The number of furan rings is 1. The Balaban J connectivity index is 1.73. The molecule has 3 heteroatoms. The van der Waals surface area contributed by atoms with Gasteiger partial charge in [0, 0.05) is 28.3 Å². The van der Waals surface area contributed by atoms with Crippen molar-refractivity contribution < 1.29 is 8.98 Å². The van der Waals surface area contributed by atoms with Gasteiger partial charge in [0.1, 0.15) is 26.3 Å². The van der Waals surface area contributed by atoms with E-state index >= 15 is 0 Å². The van der Waals surface area contributed by atoms with Crippen LogP contribution in [0.15, 0.2) is 101 Å². The van der Waals surface area contributed by atoms with Crippen molar-refractivity contribution in [3.63, 3.8) is 0 Å². The molecule has 0 saturated heterocycles. The van der Waals surface area contributed by atoms with Crippen LogP contribution < -0.4 is 14.9 Å². The molecule has 166 valence electrons. The summed E-state index contributed by atoms with van der Waals surface area (Å²) in [5, 5.41) is 6.57. The van der Waals surface area contributed by atoms with Crippen molar-refractivity contribution in [2.75, 3.05) is 0 Å². The van der Waals surface area contributed by atoms with Crippen LogP contribution in [0, 0.1) is 6.92 Å². The molecule has 0 saturated carbocycles. The maximum Gasteiger partial charge on any atom is 0.216 e. The predicted octanol–water partition coefficient (Wildman–Crippen LogP) is 6.36. The third-order valence-corrected chi connectivity index (χ3v) is 10.9. The molecule has 0 aliphatic carbocycles. The second-order valence-electron chi connectivity index (χ2n) is 9.74. The Kier molecular flexibility index (Phi) is 4.71. The van der Waals surface area contributed by atoms with E-state index < -0.39 is 8.07 Å². The lowest BCUT2D eigenvalue weighted by atomic mass is 10.00. The monoisotopic (exact) mass is 458 g/mol. The summed E-state index contributed by atoms with van der Waals surface area (Å²) in [6, 6.07) is 35.0. The van der Waals surface area contributed by atoms with Crippen LogP contribution >= 0.6 is 0 Å². The zero-order valence-corrected chi connectivity index (χ0v) is 21.1. The number of nitrogens with zero attached hydrogens (tertiary/aromatic N) is 1. The zero-order valence-electron chi connectivity index (χ0n) is 20.1. The van der Waals surface area contributed by atoms with Gasteiger partial charge in [0.15, 0.2) is 0 Å².